The summed E-state index contributed by atoms with van der Waals surface area (Å²) >= 11 is 0. The van der Waals surface area contributed by atoms with Crippen LogP contribution >= 0.6 is 0 Å². The molecule has 20 heavy (non-hydrogen) atoms. The fraction of sp³-hybridized carbons (Fsp3) is 0.400. The van der Waals surface area contributed by atoms with Crippen molar-refractivity contribution >= 4 is 32.2 Å². The van der Waals surface area contributed by atoms with Crippen molar-refractivity contribution in [2.75, 3.05) is 0 Å². The zero-order chi connectivity index (χ0) is 15.7. The van der Waals surface area contributed by atoms with Crippen LogP contribution in [0.3, 0.4) is 0 Å². The third-order valence-corrected chi connectivity index (χ3v) is 6.31. The molecule has 0 spiro atoms. The van der Waals surface area contributed by atoms with E-state index in [-0.39, 0.29) is 0 Å². The lowest BCUT2D eigenvalue weighted by Gasteiger charge is -2.28. The third-order valence-electron chi connectivity index (χ3n) is 2.92. The van der Waals surface area contributed by atoms with Crippen LogP contribution in [0.25, 0.3) is 0 Å². The molecule has 0 aromatic rings. The van der Waals surface area contributed by atoms with Crippen molar-refractivity contribution in [2.45, 2.75) is 23.3 Å². The molecule has 0 bridgehead atoms. The Hall–Kier alpha value is -1.86. The van der Waals surface area contributed by atoms with E-state index in [0.717, 1.165) is 36.5 Å². The van der Waals surface area contributed by atoms with E-state index in [4.69, 9.17) is 0 Å². The van der Waals surface area contributed by atoms with Gasteiger partial charge < -0.3 is 0 Å². The fourth-order valence-electron chi connectivity index (χ4n) is 1.41. The molecule has 0 saturated carbocycles. The lowest BCUT2D eigenvalue weighted by atomic mass is 9.97. The number of sulfonamides is 2. The van der Waals surface area contributed by atoms with Crippen LogP contribution in [0.15, 0.2) is 33.1 Å². The highest BCUT2D eigenvalue weighted by Crippen LogP contribution is 2.33. The van der Waals surface area contributed by atoms with Gasteiger partial charge in [0.25, 0.3) is 32.2 Å². The van der Waals surface area contributed by atoms with Crippen molar-refractivity contribution in [1.29, 1.82) is 0 Å². The molecule has 0 fully saturated rings. The number of hydrogen-bond donors (Lipinski definition) is 0. The smallest absolute Gasteiger partial charge is 0.210 e. The Bertz CT molecular complexity index is 698. The van der Waals surface area contributed by atoms with E-state index in [2.05, 4.69) is 8.80 Å². The van der Waals surface area contributed by atoms with Gasteiger partial charge in [-0.25, -0.2) is 26.4 Å². The molecule has 0 unspecified atom stereocenters. The number of nitrogens with zero attached hydrogens (tertiary/aromatic N) is 2. The maximum atomic E-state index is 11.7. The first kappa shape index (κ1) is 16.2. The quantitative estimate of drug-likeness (QED) is 0.406. The highest BCUT2D eigenvalue weighted by Gasteiger charge is 2.43. The van der Waals surface area contributed by atoms with Crippen molar-refractivity contribution in [2.24, 2.45) is 8.80 Å². The molecule has 1 aliphatic carbocycles. The largest absolute Gasteiger partial charge is 0.276 e. The summed E-state index contributed by atoms with van der Waals surface area (Å²) in [7, 11) is -8.43. The first-order chi connectivity index (χ1) is 9.04. The maximum Gasteiger partial charge on any atom is 0.276 e. The van der Waals surface area contributed by atoms with Gasteiger partial charge >= 0.3 is 0 Å². The maximum absolute atomic E-state index is 11.7. The Morgan fingerprint density at radius 2 is 1.00 bits per heavy atom. The second-order valence-electron chi connectivity index (χ2n) is 4.35. The standard InChI is InChI=1S/C10H10N2O6S2/c1-9(19(15,16)11-7-13)3-5-10(2,6-4-9)20(17,18)12-8-14/h3-6H,1-2H3. The molecule has 0 aromatic heterocycles. The molecule has 0 radical (unpaired) electrons. The topological polar surface area (TPSA) is 127 Å². The number of carbonyl (C=O) groups excluding carboxylic acids is 2. The first-order valence-electron chi connectivity index (χ1n) is 5.12. The zero-order valence-corrected chi connectivity index (χ0v) is 12.1. The van der Waals surface area contributed by atoms with Gasteiger partial charge in [0.15, 0.2) is 0 Å². The Balaban J connectivity index is 3.37. The molecule has 0 aliphatic heterocycles. The van der Waals surface area contributed by atoms with Crippen LogP contribution in [0, 0.1) is 0 Å². The van der Waals surface area contributed by atoms with E-state index in [9.17, 15) is 26.4 Å². The molecule has 0 amide bonds. The van der Waals surface area contributed by atoms with Crippen molar-refractivity contribution in [1.82, 2.24) is 0 Å². The highest BCUT2D eigenvalue weighted by molar-refractivity contribution is 7.92. The summed E-state index contributed by atoms with van der Waals surface area (Å²) in [5.41, 5.74) is 0. The Kier molecular flexibility index (Phi) is 3.98. The second kappa shape index (κ2) is 4.92. The summed E-state index contributed by atoms with van der Waals surface area (Å²) < 4.78 is 49.0. The van der Waals surface area contributed by atoms with Gasteiger partial charge in [-0.15, -0.1) is 0 Å². The van der Waals surface area contributed by atoms with Crippen LogP contribution in [0.5, 0.6) is 0 Å². The van der Waals surface area contributed by atoms with Gasteiger partial charge in [-0.3, -0.25) is 0 Å². The van der Waals surface area contributed by atoms with Crippen molar-refractivity contribution in [3.05, 3.63) is 24.3 Å². The first-order valence-corrected chi connectivity index (χ1v) is 8.00. The number of rotatable bonds is 4. The highest BCUT2D eigenvalue weighted by atomic mass is 32.2. The van der Waals surface area contributed by atoms with E-state index in [1.165, 1.54) is 13.8 Å². The van der Waals surface area contributed by atoms with Gasteiger partial charge in [-0.1, -0.05) is 33.1 Å². The summed E-state index contributed by atoms with van der Waals surface area (Å²) in [6.07, 6.45) is 6.09. The van der Waals surface area contributed by atoms with Crippen molar-refractivity contribution < 1.29 is 26.4 Å². The minimum atomic E-state index is -4.22. The zero-order valence-electron chi connectivity index (χ0n) is 10.5. The molecule has 8 nitrogen and oxygen atoms in total. The summed E-state index contributed by atoms with van der Waals surface area (Å²) in [6, 6.07) is 0. The summed E-state index contributed by atoms with van der Waals surface area (Å²) in [6.45, 7) is 2.46. The van der Waals surface area contributed by atoms with E-state index in [1.807, 2.05) is 0 Å². The molecule has 1 aliphatic rings. The van der Waals surface area contributed by atoms with E-state index in [1.54, 1.807) is 0 Å². The summed E-state index contributed by atoms with van der Waals surface area (Å²) in [5, 5.41) is 0. The molecule has 108 valence electrons. The average Bonchev–Trinajstić information content (AvgIpc) is 2.33. The molecular formula is C10H10N2O6S2. The predicted octanol–water partition coefficient (Wildman–Crippen LogP) is -0.0390. The Morgan fingerprint density at radius 1 is 0.750 bits per heavy atom. The number of hydrogen-bond acceptors (Lipinski definition) is 6. The van der Waals surface area contributed by atoms with Crippen LogP contribution in [0.2, 0.25) is 0 Å². The van der Waals surface area contributed by atoms with Gasteiger partial charge in [0.2, 0.25) is 0 Å². The van der Waals surface area contributed by atoms with Gasteiger partial charge in [0.05, 0.1) is 0 Å². The summed E-state index contributed by atoms with van der Waals surface area (Å²) in [5.74, 6) is 0. The van der Waals surface area contributed by atoms with E-state index < -0.39 is 29.5 Å². The van der Waals surface area contributed by atoms with Crippen LogP contribution in [-0.2, 0) is 29.6 Å². The third kappa shape index (κ3) is 2.54. The molecule has 0 aromatic carbocycles. The molecule has 0 N–H and O–H groups in total. The van der Waals surface area contributed by atoms with Crippen molar-refractivity contribution in [3.8, 4) is 0 Å². The summed E-state index contributed by atoms with van der Waals surface area (Å²) in [4.78, 5) is 20.2. The van der Waals surface area contributed by atoms with E-state index >= 15 is 0 Å². The Morgan fingerprint density at radius 3 is 1.20 bits per heavy atom. The van der Waals surface area contributed by atoms with Crippen LogP contribution < -0.4 is 0 Å². The Labute approximate surface area is 115 Å². The van der Waals surface area contributed by atoms with Crippen LogP contribution in [-0.4, -0.2) is 38.5 Å². The second-order valence-corrected chi connectivity index (χ2v) is 8.37. The normalized spacial score (nSPS) is 29.3. The van der Waals surface area contributed by atoms with Crippen molar-refractivity contribution in [3.63, 3.8) is 0 Å². The lowest BCUT2D eigenvalue weighted by molar-refractivity contribution is 0.557. The molecular weight excluding hydrogens is 308 g/mol. The minimum absolute atomic E-state index is 0.933. The molecule has 0 heterocycles. The molecule has 0 saturated heterocycles. The minimum Gasteiger partial charge on any atom is -0.210 e. The average molecular weight is 318 g/mol. The van der Waals surface area contributed by atoms with Gasteiger partial charge in [0, 0.05) is 0 Å². The molecule has 1 rings (SSSR count). The van der Waals surface area contributed by atoms with Gasteiger partial charge in [0.1, 0.15) is 9.49 Å². The monoisotopic (exact) mass is 318 g/mol. The molecule has 10 heteroatoms. The predicted molar refractivity (Wildman–Crippen MR) is 69.2 cm³/mol. The van der Waals surface area contributed by atoms with Crippen LogP contribution in [0.4, 0.5) is 0 Å². The molecule has 0 atom stereocenters. The van der Waals surface area contributed by atoms with Crippen LogP contribution in [0.1, 0.15) is 13.8 Å². The SMILES string of the molecule is CC1(S(=O)(=O)N=C=O)C=CC(C)(S(=O)(=O)N=C=O)C=C1. The fourth-order valence-corrected chi connectivity index (χ4v) is 2.96. The lowest BCUT2D eigenvalue weighted by Crippen LogP contribution is -2.38. The number of isocyanates is 2. The van der Waals surface area contributed by atoms with Gasteiger partial charge in [-0.05, 0) is 13.8 Å². The van der Waals surface area contributed by atoms with Gasteiger partial charge in [-0.2, -0.15) is 0 Å². The van der Waals surface area contributed by atoms with E-state index in [0.29, 0.717) is 0 Å².